The molecule has 17 nitrogen and oxygen atoms in total. The van der Waals surface area contributed by atoms with Crippen LogP contribution in [0.4, 0.5) is 0 Å². The Morgan fingerprint density at radius 3 is 2.04 bits per heavy atom. The molecule has 3 aromatic carbocycles. The maximum Gasteiger partial charge on any atom is 0.338 e. The van der Waals surface area contributed by atoms with Crippen molar-refractivity contribution < 1.29 is 84.7 Å². The molecule has 1 fully saturated rings. The molecular weight excluding hydrogens is 608 g/mol. The van der Waals surface area contributed by atoms with Crippen LogP contribution in [0.2, 0.25) is 0 Å². The molecule has 0 radical (unpaired) electrons. The van der Waals surface area contributed by atoms with Crippen molar-refractivity contribution in [3.05, 3.63) is 53.1 Å². The van der Waals surface area contributed by atoms with Gasteiger partial charge in [0.1, 0.15) is 41.7 Å². The fraction of sp³-hybridized carbons (Fsp3) is 0.286. The van der Waals surface area contributed by atoms with Crippen molar-refractivity contribution in [1.82, 2.24) is 0 Å². The van der Waals surface area contributed by atoms with Crippen molar-refractivity contribution in [3.63, 3.8) is 0 Å². The first kappa shape index (κ1) is 31.1. The van der Waals surface area contributed by atoms with Crippen LogP contribution in [0.15, 0.2) is 36.4 Å². The van der Waals surface area contributed by atoms with Crippen LogP contribution in [-0.4, -0.2) is 105 Å². The summed E-state index contributed by atoms with van der Waals surface area (Å²) in [6.45, 7) is 0. The van der Waals surface area contributed by atoms with Crippen molar-refractivity contribution in [1.29, 1.82) is 0 Å². The molecule has 240 valence electrons. The second kappa shape index (κ2) is 11.6. The van der Waals surface area contributed by atoms with Gasteiger partial charge >= 0.3 is 11.9 Å². The number of phenols is 7. The topological polar surface area (TPSA) is 294 Å². The Kier molecular flexibility index (Phi) is 8.02. The summed E-state index contributed by atoms with van der Waals surface area (Å²) >= 11 is 0. The molecule has 2 aliphatic heterocycles. The number of benzene rings is 3. The maximum absolute atomic E-state index is 13.1. The third-order valence-corrected chi connectivity index (χ3v) is 7.19. The highest BCUT2D eigenvalue weighted by molar-refractivity contribution is 5.91. The molecule has 7 atom stereocenters. The number of carboxylic acid groups (broad SMARTS) is 1. The first-order valence-corrected chi connectivity index (χ1v) is 13.0. The van der Waals surface area contributed by atoms with Gasteiger partial charge < -0.3 is 75.1 Å². The Hall–Kier alpha value is -5.36. The number of aliphatic carboxylic acids is 1. The summed E-state index contributed by atoms with van der Waals surface area (Å²) in [5.41, 5.74) is -0.413. The third kappa shape index (κ3) is 5.79. The van der Waals surface area contributed by atoms with E-state index in [2.05, 4.69) is 0 Å². The highest BCUT2D eigenvalue weighted by Crippen LogP contribution is 2.47. The average molecular weight is 634 g/mol. The number of aliphatic hydroxyl groups excluding tert-OH is 3. The SMILES string of the molecule is O=C(O[C@@H]1Cc2c(O)cc(O)cc2O[C@@H]1c1cc(O)c(O)c(O[C@@H]2O[C@H](C(=O)O)[C@@H](O)[C@H](O)[C@H]2O)c1)c1cc(O)c(O)c(O)c1. The second-order valence-corrected chi connectivity index (χ2v) is 10.2. The number of esters is 1. The van der Waals surface area contributed by atoms with E-state index in [0.29, 0.717) is 0 Å². The van der Waals surface area contributed by atoms with Crippen molar-refractivity contribution in [2.24, 2.45) is 0 Å². The zero-order chi connectivity index (χ0) is 32.9. The molecule has 0 aliphatic carbocycles. The first-order valence-electron chi connectivity index (χ1n) is 13.0. The molecular formula is C28H26O17. The van der Waals surface area contributed by atoms with E-state index in [1.807, 2.05) is 0 Å². The first-order chi connectivity index (χ1) is 21.2. The van der Waals surface area contributed by atoms with E-state index in [1.54, 1.807) is 0 Å². The second-order valence-electron chi connectivity index (χ2n) is 10.2. The molecule has 11 N–H and O–H groups in total. The molecule has 0 unspecified atom stereocenters. The lowest BCUT2D eigenvalue weighted by Crippen LogP contribution is -2.61. The molecule has 2 heterocycles. The van der Waals surface area contributed by atoms with Gasteiger partial charge in [-0.05, 0) is 24.3 Å². The number of hydrogen-bond donors (Lipinski definition) is 11. The quantitative estimate of drug-likeness (QED) is 0.124. The van der Waals surface area contributed by atoms with Crippen molar-refractivity contribution in [2.45, 2.75) is 49.3 Å². The fourth-order valence-electron chi connectivity index (χ4n) is 4.90. The lowest BCUT2D eigenvalue weighted by Gasteiger charge is -2.38. The van der Waals surface area contributed by atoms with Crippen LogP contribution in [0, 0.1) is 0 Å². The van der Waals surface area contributed by atoms with Gasteiger partial charge in [0.2, 0.25) is 12.0 Å². The summed E-state index contributed by atoms with van der Waals surface area (Å²) in [4.78, 5) is 24.5. The lowest BCUT2D eigenvalue weighted by molar-refractivity contribution is -0.271. The van der Waals surface area contributed by atoms with Gasteiger partial charge in [-0.3, -0.25) is 0 Å². The minimum Gasteiger partial charge on any atom is -0.508 e. The van der Waals surface area contributed by atoms with Crippen molar-refractivity contribution in [2.75, 3.05) is 0 Å². The Balaban J connectivity index is 1.52. The van der Waals surface area contributed by atoms with E-state index < -0.39 is 106 Å². The van der Waals surface area contributed by atoms with Crippen molar-refractivity contribution in [3.8, 4) is 51.7 Å². The predicted octanol–water partition coefficient (Wildman–Crippen LogP) is -0.201. The van der Waals surface area contributed by atoms with Crippen LogP contribution in [0.3, 0.4) is 0 Å². The highest BCUT2D eigenvalue weighted by atomic mass is 16.7. The number of aromatic hydroxyl groups is 7. The van der Waals surface area contributed by atoms with E-state index >= 15 is 0 Å². The largest absolute Gasteiger partial charge is 0.508 e. The lowest BCUT2D eigenvalue weighted by atomic mass is 9.93. The highest BCUT2D eigenvalue weighted by Gasteiger charge is 2.48. The molecule has 2 aliphatic rings. The zero-order valence-electron chi connectivity index (χ0n) is 22.6. The molecule has 0 saturated carbocycles. The van der Waals surface area contributed by atoms with E-state index in [9.17, 15) is 65.8 Å². The van der Waals surface area contributed by atoms with Crippen LogP contribution in [-0.2, 0) is 20.7 Å². The Bertz CT molecular complexity index is 1630. The molecule has 5 rings (SSSR count). The summed E-state index contributed by atoms with van der Waals surface area (Å²) in [7, 11) is 0. The third-order valence-electron chi connectivity index (χ3n) is 7.19. The number of carbonyl (C=O) groups excluding carboxylic acids is 1. The monoisotopic (exact) mass is 634 g/mol. The van der Waals surface area contributed by atoms with Gasteiger partial charge in [0.25, 0.3) is 0 Å². The number of hydrogen-bond acceptors (Lipinski definition) is 16. The molecule has 3 aromatic rings. The number of carbonyl (C=O) groups is 2. The number of fused-ring (bicyclic) bond motifs is 1. The van der Waals surface area contributed by atoms with Gasteiger partial charge in [0, 0.05) is 29.7 Å². The number of aliphatic hydroxyl groups is 3. The minimum absolute atomic E-state index is 0.0767. The average Bonchev–Trinajstić information content (AvgIpc) is 2.97. The number of ether oxygens (including phenoxy) is 4. The summed E-state index contributed by atoms with van der Waals surface area (Å²) in [6, 6.07) is 5.75. The summed E-state index contributed by atoms with van der Waals surface area (Å²) < 4.78 is 21.9. The van der Waals surface area contributed by atoms with E-state index in [1.165, 1.54) is 0 Å². The summed E-state index contributed by atoms with van der Waals surface area (Å²) in [5, 5.41) is 110. The maximum atomic E-state index is 13.1. The normalized spacial score (nSPS) is 25.9. The molecule has 0 aromatic heterocycles. The number of rotatable bonds is 6. The Morgan fingerprint density at radius 2 is 1.40 bits per heavy atom. The van der Waals surface area contributed by atoms with Crippen LogP contribution in [0.25, 0.3) is 0 Å². The standard InChI is InChI=1S/C28H26O17/c29-10-5-12(30)11-7-18(43-27(41)9-2-13(31)19(34)14(32)3-9)24(42-16(11)6-10)8-1-15(33)20(35)17(4-8)44-28-23(38)21(36)22(37)25(45-28)26(39)40/h1-6,18,21-25,28-38H,7H2,(H,39,40)/t18-,21+,22+,23-,24-,25+,28-/m1/s1. The van der Waals surface area contributed by atoms with Crippen LogP contribution < -0.4 is 9.47 Å². The predicted molar refractivity (Wildman–Crippen MR) is 142 cm³/mol. The zero-order valence-corrected chi connectivity index (χ0v) is 22.6. The molecule has 0 spiro atoms. The smallest absolute Gasteiger partial charge is 0.338 e. The molecule has 0 amide bonds. The molecule has 17 heteroatoms. The van der Waals surface area contributed by atoms with Gasteiger partial charge in [-0.2, -0.15) is 0 Å². The van der Waals surface area contributed by atoms with Gasteiger partial charge in [0.15, 0.2) is 41.0 Å². The van der Waals surface area contributed by atoms with E-state index in [0.717, 1.165) is 36.4 Å². The molecule has 0 bridgehead atoms. The molecule has 45 heavy (non-hydrogen) atoms. The Morgan fingerprint density at radius 1 is 0.756 bits per heavy atom. The number of phenolic OH excluding ortho intramolecular Hbond substituents is 7. The summed E-state index contributed by atoms with van der Waals surface area (Å²) in [5.74, 6) is -8.75. The van der Waals surface area contributed by atoms with Gasteiger partial charge in [0.05, 0.1) is 5.56 Å². The van der Waals surface area contributed by atoms with Crippen molar-refractivity contribution >= 4 is 11.9 Å². The van der Waals surface area contributed by atoms with Gasteiger partial charge in [-0.1, -0.05) is 0 Å². The minimum atomic E-state index is -2.05. The van der Waals surface area contributed by atoms with Crippen LogP contribution in [0.1, 0.15) is 27.6 Å². The van der Waals surface area contributed by atoms with Crippen LogP contribution >= 0.6 is 0 Å². The van der Waals surface area contributed by atoms with E-state index in [4.69, 9.17) is 18.9 Å². The van der Waals surface area contributed by atoms with Gasteiger partial charge in [-0.15, -0.1) is 0 Å². The van der Waals surface area contributed by atoms with Gasteiger partial charge in [-0.25, -0.2) is 9.59 Å². The number of carboxylic acids is 1. The summed E-state index contributed by atoms with van der Waals surface area (Å²) in [6.07, 6.45) is -13.2. The van der Waals surface area contributed by atoms with E-state index in [-0.39, 0.29) is 23.3 Å². The molecule has 1 saturated heterocycles. The fourth-order valence-corrected chi connectivity index (χ4v) is 4.90. The van der Waals surface area contributed by atoms with Crippen LogP contribution in [0.5, 0.6) is 51.7 Å². The Labute approximate surface area is 251 Å².